The van der Waals surface area contributed by atoms with Gasteiger partial charge >= 0.3 is 0 Å². The number of piperidine rings is 1. The number of nitrogens with one attached hydrogen (secondary N) is 1. The average molecular weight is 336 g/mol. The summed E-state index contributed by atoms with van der Waals surface area (Å²) in [6, 6.07) is 12.6. The minimum absolute atomic E-state index is 0.113. The van der Waals surface area contributed by atoms with Crippen LogP contribution in [0.2, 0.25) is 0 Å². The summed E-state index contributed by atoms with van der Waals surface area (Å²) in [7, 11) is 0. The molecule has 3 aromatic rings. The number of anilines is 1. The molecule has 0 bridgehead atoms. The number of nitrogens with zero attached hydrogens (tertiary/aromatic N) is 3. The van der Waals surface area contributed by atoms with Crippen LogP contribution in [0.4, 0.5) is 5.82 Å². The Balaban J connectivity index is 1.60. The molecule has 0 unspecified atom stereocenters. The number of rotatable bonds is 3. The van der Waals surface area contributed by atoms with Gasteiger partial charge in [-0.05, 0) is 51.0 Å². The summed E-state index contributed by atoms with van der Waals surface area (Å²) in [5.41, 5.74) is 3.25. The summed E-state index contributed by atoms with van der Waals surface area (Å²) in [5, 5.41) is 3.04. The minimum Gasteiger partial charge on any atom is -0.355 e. The molecule has 5 heteroatoms. The third-order valence-electron chi connectivity index (χ3n) is 4.94. The highest BCUT2D eigenvalue weighted by molar-refractivity contribution is 5.85. The zero-order valence-electron chi connectivity index (χ0n) is 14.8. The molecule has 0 radical (unpaired) electrons. The standard InChI is InChI=1S/C20H24N4O/c1-14(2)21-20(25)15-9-12-23(13-10-15)19-18-8-5-11-24(18)17-7-4-3-6-16(17)22-19/h3-8,11,14-15H,9-10,12-13H2,1-2H3,(H,21,25). The molecule has 1 aliphatic rings. The highest BCUT2D eigenvalue weighted by atomic mass is 16.1. The Morgan fingerprint density at radius 3 is 2.60 bits per heavy atom. The Labute approximate surface area is 147 Å². The van der Waals surface area contributed by atoms with Gasteiger partial charge in [-0.1, -0.05) is 12.1 Å². The maximum atomic E-state index is 12.2. The number of carbonyl (C=O) groups excluding carboxylic acids is 1. The van der Waals surface area contributed by atoms with Crippen molar-refractivity contribution < 1.29 is 4.79 Å². The lowest BCUT2D eigenvalue weighted by Crippen LogP contribution is -2.42. The van der Waals surface area contributed by atoms with Gasteiger partial charge in [0, 0.05) is 31.2 Å². The molecule has 1 N–H and O–H groups in total. The predicted octanol–water partition coefficient (Wildman–Crippen LogP) is 3.23. The average Bonchev–Trinajstić information content (AvgIpc) is 3.10. The highest BCUT2D eigenvalue weighted by Crippen LogP contribution is 2.29. The maximum Gasteiger partial charge on any atom is 0.223 e. The molecule has 1 amide bonds. The van der Waals surface area contributed by atoms with Crippen LogP contribution in [0.25, 0.3) is 16.6 Å². The van der Waals surface area contributed by atoms with Gasteiger partial charge in [-0.3, -0.25) is 4.79 Å². The van der Waals surface area contributed by atoms with Gasteiger partial charge in [0.2, 0.25) is 5.91 Å². The second-order valence-electron chi connectivity index (χ2n) is 7.11. The van der Waals surface area contributed by atoms with Gasteiger partial charge < -0.3 is 14.6 Å². The second kappa shape index (κ2) is 6.39. The van der Waals surface area contributed by atoms with E-state index >= 15 is 0 Å². The lowest BCUT2D eigenvalue weighted by atomic mass is 9.95. The monoisotopic (exact) mass is 336 g/mol. The Hall–Kier alpha value is -2.56. The molecule has 0 saturated carbocycles. The normalized spacial score (nSPS) is 16.0. The van der Waals surface area contributed by atoms with E-state index in [1.165, 1.54) is 0 Å². The van der Waals surface area contributed by atoms with Crippen LogP contribution in [-0.4, -0.2) is 34.4 Å². The number of hydrogen-bond acceptors (Lipinski definition) is 3. The quantitative estimate of drug-likeness (QED) is 0.799. The summed E-state index contributed by atoms with van der Waals surface area (Å²) in [6.07, 6.45) is 3.84. The van der Waals surface area contributed by atoms with Crippen molar-refractivity contribution in [3.05, 3.63) is 42.6 Å². The van der Waals surface area contributed by atoms with E-state index in [1.54, 1.807) is 0 Å². The lowest BCUT2D eigenvalue weighted by molar-refractivity contribution is -0.126. The van der Waals surface area contributed by atoms with Crippen molar-refractivity contribution in [1.29, 1.82) is 0 Å². The molecule has 0 aliphatic carbocycles. The zero-order chi connectivity index (χ0) is 17.4. The van der Waals surface area contributed by atoms with Crippen molar-refractivity contribution in [2.45, 2.75) is 32.7 Å². The smallest absolute Gasteiger partial charge is 0.223 e. The molecular weight excluding hydrogens is 312 g/mol. The van der Waals surface area contributed by atoms with Crippen LogP contribution < -0.4 is 10.2 Å². The summed E-state index contributed by atoms with van der Waals surface area (Å²) < 4.78 is 2.20. The maximum absolute atomic E-state index is 12.2. The first-order valence-corrected chi connectivity index (χ1v) is 9.04. The number of carbonyl (C=O) groups is 1. The summed E-state index contributed by atoms with van der Waals surface area (Å²) in [6.45, 7) is 5.75. The highest BCUT2D eigenvalue weighted by Gasteiger charge is 2.27. The van der Waals surface area contributed by atoms with Crippen LogP contribution in [0.5, 0.6) is 0 Å². The van der Waals surface area contributed by atoms with Crippen LogP contribution in [0, 0.1) is 5.92 Å². The number of amides is 1. The number of para-hydroxylation sites is 2. The van der Waals surface area contributed by atoms with Crippen molar-refractivity contribution >= 4 is 28.3 Å². The molecule has 1 fully saturated rings. The first kappa shape index (κ1) is 15.9. The van der Waals surface area contributed by atoms with Crippen molar-refractivity contribution in [3.63, 3.8) is 0 Å². The Kier molecular flexibility index (Phi) is 4.07. The molecule has 130 valence electrons. The van der Waals surface area contributed by atoms with Gasteiger partial charge in [-0.2, -0.15) is 0 Å². The van der Waals surface area contributed by atoms with Gasteiger partial charge in [-0.25, -0.2) is 4.98 Å². The van der Waals surface area contributed by atoms with E-state index in [-0.39, 0.29) is 17.9 Å². The van der Waals surface area contributed by atoms with Gasteiger partial charge in [-0.15, -0.1) is 0 Å². The number of aromatic nitrogens is 2. The van der Waals surface area contributed by atoms with Crippen LogP contribution in [0.15, 0.2) is 42.6 Å². The number of benzene rings is 1. The first-order chi connectivity index (χ1) is 12.1. The van der Waals surface area contributed by atoms with Gasteiger partial charge in [0.15, 0.2) is 5.82 Å². The Morgan fingerprint density at radius 2 is 1.84 bits per heavy atom. The Bertz CT molecular complexity index is 906. The molecule has 3 heterocycles. The molecule has 1 saturated heterocycles. The number of hydrogen-bond donors (Lipinski definition) is 1. The fourth-order valence-corrected chi connectivity index (χ4v) is 3.70. The van der Waals surface area contributed by atoms with E-state index < -0.39 is 0 Å². The van der Waals surface area contributed by atoms with Crippen LogP contribution in [0.3, 0.4) is 0 Å². The molecule has 25 heavy (non-hydrogen) atoms. The van der Waals surface area contributed by atoms with Gasteiger partial charge in [0.1, 0.15) is 0 Å². The fraction of sp³-hybridized carbons (Fsp3) is 0.400. The molecule has 2 aromatic heterocycles. The second-order valence-corrected chi connectivity index (χ2v) is 7.11. The van der Waals surface area contributed by atoms with Crippen molar-refractivity contribution in [3.8, 4) is 0 Å². The molecule has 1 aromatic carbocycles. The van der Waals surface area contributed by atoms with Crippen molar-refractivity contribution in [2.75, 3.05) is 18.0 Å². The van der Waals surface area contributed by atoms with E-state index in [4.69, 9.17) is 4.98 Å². The SMILES string of the molecule is CC(C)NC(=O)C1CCN(c2nc3ccccc3n3cccc23)CC1. The molecule has 0 spiro atoms. The van der Waals surface area contributed by atoms with Gasteiger partial charge in [0.05, 0.1) is 16.6 Å². The lowest BCUT2D eigenvalue weighted by Gasteiger charge is -2.33. The third-order valence-corrected chi connectivity index (χ3v) is 4.94. The predicted molar refractivity (Wildman–Crippen MR) is 101 cm³/mol. The largest absolute Gasteiger partial charge is 0.355 e. The van der Waals surface area contributed by atoms with Crippen LogP contribution in [-0.2, 0) is 4.79 Å². The van der Waals surface area contributed by atoms with E-state index in [0.29, 0.717) is 0 Å². The Morgan fingerprint density at radius 1 is 1.12 bits per heavy atom. The number of fused-ring (bicyclic) bond motifs is 3. The van der Waals surface area contributed by atoms with Crippen LogP contribution >= 0.6 is 0 Å². The molecule has 5 nitrogen and oxygen atoms in total. The summed E-state index contributed by atoms with van der Waals surface area (Å²) >= 11 is 0. The summed E-state index contributed by atoms with van der Waals surface area (Å²) in [4.78, 5) is 19.5. The van der Waals surface area contributed by atoms with E-state index in [9.17, 15) is 4.79 Å². The zero-order valence-corrected chi connectivity index (χ0v) is 14.8. The topological polar surface area (TPSA) is 49.6 Å². The molecular formula is C20H24N4O. The minimum atomic E-state index is 0.113. The van der Waals surface area contributed by atoms with Gasteiger partial charge in [0.25, 0.3) is 0 Å². The van der Waals surface area contributed by atoms with E-state index in [2.05, 4.69) is 45.1 Å². The fourth-order valence-electron chi connectivity index (χ4n) is 3.70. The van der Waals surface area contributed by atoms with E-state index in [0.717, 1.165) is 48.3 Å². The summed E-state index contributed by atoms with van der Waals surface area (Å²) in [5.74, 6) is 1.32. The molecule has 0 atom stereocenters. The van der Waals surface area contributed by atoms with Crippen molar-refractivity contribution in [2.24, 2.45) is 5.92 Å². The first-order valence-electron chi connectivity index (χ1n) is 9.04. The van der Waals surface area contributed by atoms with Crippen LogP contribution in [0.1, 0.15) is 26.7 Å². The molecule has 4 rings (SSSR count). The molecule has 1 aliphatic heterocycles. The van der Waals surface area contributed by atoms with Crippen molar-refractivity contribution in [1.82, 2.24) is 14.7 Å². The van der Waals surface area contributed by atoms with E-state index in [1.807, 2.05) is 26.0 Å². The third kappa shape index (κ3) is 2.95.